The summed E-state index contributed by atoms with van der Waals surface area (Å²) in [6.07, 6.45) is 11.0. The molecule has 1 aliphatic heterocycles. The summed E-state index contributed by atoms with van der Waals surface area (Å²) in [6, 6.07) is 38.6. The van der Waals surface area contributed by atoms with Gasteiger partial charge in [-0.2, -0.15) is 0 Å². The van der Waals surface area contributed by atoms with E-state index >= 15 is 0 Å². The predicted octanol–water partition coefficient (Wildman–Crippen LogP) is 11.0. The molecule has 1 heterocycles. The third-order valence-corrected chi connectivity index (χ3v) is 13.8. The molecule has 0 aromatic heterocycles. The third-order valence-electron chi connectivity index (χ3n) is 13.8. The van der Waals surface area contributed by atoms with Gasteiger partial charge in [0, 0.05) is 43.6 Å². The first kappa shape index (κ1) is 43.5. The quantitative estimate of drug-likeness (QED) is 0.0483. The van der Waals surface area contributed by atoms with Crippen molar-refractivity contribution in [2.24, 2.45) is 28.8 Å². The highest BCUT2D eigenvalue weighted by Crippen LogP contribution is 2.62. The van der Waals surface area contributed by atoms with Gasteiger partial charge in [-0.1, -0.05) is 115 Å². The number of benzene rings is 5. The lowest BCUT2D eigenvalue weighted by molar-refractivity contribution is -0.258. The van der Waals surface area contributed by atoms with Crippen molar-refractivity contribution in [1.29, 1.82) is 0 Å². The molecule has 332 valence electrons. The molecule has 64 heavy (non-hydrogen) atoms. The van der Waals surface area contributed by atoms with E-state index in [4.69, 9.17) is 24.2 Å². The van der Waals surface area contributed by atoms with E-state index in [0.29, 0.717) is 37.3 Å². The fraction of sp³-hybridized carbons (Fsp3) is 0.382. The average molecular weight is 861 g/mol. The molecule has 0 radical (unpaired) electrons. The molecule has 0 spiro atoms. The molecule has 9 nitrogen and oxygen atoms in total. The normalized spacial score (nSPS) is 24.0. The van der Waals surface area contributed by atoms with Gasteiger partial charge in [-0.3, -0.25) is 4.79 Å². The Morgan fingerprint density at radius 3 is 2.33 bits per heavy atom. The van der Waals surface area contributed by atoms with Crippen molar-refractivity contribution in [2.75, 3.05) is 26.9 Å². The van der Waals surface area contributed by atoms with Crippen molar-refractivity contribution in [3.8, 4) is 28.4 Å². The second kappa shape index (κ2) is 19.6. The second-order valence-corrected chi connectivity index (χ2v) is 17.8. The Balaban J connectivity index is 1.20. The standard InChI is InChI=1S/C55H60N2O7/c1-3-32-62-55-51(57(54(60)40-22-23-40)36-42-19-13-18-39-16-7-8-20-45(39)42)35-49(56-61-2)47-33-41(17-9-11-30-58)46(21-10-12-31-59)52(53(47)55)48-34-44(28-29-50(48)64-55)63-43-26-24-38(25-27-43)37-14-5-4-6-15-37/h3-8,13-16,18-20,24-29,33-34,40-41,46,51-53,58-59H,1,9-12,17,21-23,30-32,35-36H2,2H3/t41-,46+,51-,52+,53+,55+/m0/s1. The van der Waals surface area contributed by atoms with Crippen LogP contribution in [0.4, 0.5) is 0 Å². The number of unbranched alkanes of at least 4 members (excludes halogenated alkanes) is 2. The lowest BCUT2D eigenvalue weighted by Crippen LogP contribution is -2.70. The second-order valence-electron chi connectivity index (χ2n) is 17.8. The number of fused-ring (bicyclic) bond motifs is 3. The van der Waals surface area contributed by atoms with Crippen molar-refractivity contribution >= 4 is 22.4 Å². The Morgan fingerprint density at radius 2 is 1.58 bits per heavy atom. The topological polar surface area (TPSA) is 110 Å². The molecule has 6 atom stereocenters. The fourth-order valence-electron chi connectivity index (χ4n) is 10.8. The highest BCUT2D eigenvalue weighted by atomic mass is 16.7. The number of carbonyl (C=O) groups is 1. The van der Waals surface area contributed by atoms with Crippen LogP contribution in [0, 0.1) is 23.7 Å². The van der Waals surface area contributed by atoms with Gasteiger partial charge in [-0.25, -0.2) is 0 Å². The molecule has 0 bridgehead atoms. The van der Waals surface area contributed by atoms with E-state index in [9.17, 15) is 15.0 Å². The lowest BCUT2D eigenvalue weighted by Gasteiger charge is -2.60. The number of aliphatic hydroxyl groups is 2. The summed E-state index contributed by atoms with van der Waals surface area (Å²) in [5, 5.41) is 27.0. The molecule has 5 aromatic rings. The molecule has 2 fully saturated rings. The maximum atomic E-state index is 15.0. The number of rotatable bonds is 19. The summed E-state index contributed by atoms with van der Waals surface area (Å²) in [7, 11) is 1.58. The van der Waals surface area contributed by atoms with Gasteiger partial charge in [0.15, 0.2) is 0 Å². The zero-order chi connectivity index (χ0) is 44.0. The average Bonchev–Trinajstić information content (AvgIpc) is 4.18. The van der Waals surface area contributed by atoms with E-state index in [1.54, 1.807) is 13.2 Å². The fourth-order valence-corrected chi connectivity index (χ4v) is 10.8. The Bertz CT molecular complexity index is 2470. The van der Waals surface area contributed by atoms with Crippen LogP contribution in [0.3, 0.4) is 0 Å². The Kier molecular flexibility index (Phi) is 13.3. The largest absolute Gasteiger partial charge is 0.459 e. The van der Waals surface area contributed by atoms with Crippen LogP contribution in [0.25, 0.3) is 21.9 Å². The Labute approximate surface area is 377 Å². The van der Waals surface area contributed by atoms with Gasteiger partial charge in [0.25, 0.3) is 0 Å². The van der Waals surface area contributed by atoms with Crippen molar-refractivity contribution < 1.29 is 34.1 Å². The van der Waals surface area contributed by atoms with Crippen LogP contribution in [-0.2, 0) is 20.9 Å². The minimum Gasteiger partial charge on any atom is -0.459 e. The lowest BCUT2D eigenvalue weighted by atomic mass is 9.55. The maximum Gasteiger partial charge on any atom is 0.239 e. The Hall–Kier alpha value is -5.74. The van der Waals surface area contributed by atoms with Crippen molar-refractivity contribution in [3.63, 3.8) is 0 Å². The van der Waals surface area contributed by atoms with Gasteiger partial charge in [0.1, 0.15) is 30.4 Å². The SMILES string of the molecule is C=CCO[C@@]12Oc3ccc(Oc4ccc(-c5ccccc5)cc4)cc3[C@H]3[C@H](CCCCO)[C@@H](CCCCO)C=C(C(=NOC)C[C@@H]1N(Cc1cccc4ccccc14)C(=O)C1CC1)[C@H]32. The van der Waals surface area contributed by atoms with Gasteiger partial charge in [0.2, 0.25) is 11.7 Å². The molecule has 3 aliphatic carbocycles. The summed E-state index contributed by atoms with van der Waals surface area (Å²) in [5.74, 6) is 0.457. The summed E-state index contributed by atoms with van der Waals surface area (Å²) in [6.45, 7) is 4.91. The molecular formula is C55H60N2O7. The molecule has 1 amide bonds. The monoisotopic (exact) mass is 860 g/mol. The van der Waals surface area contributed by atoms with Gasteiger partial charge < -0.3 is 34.2 Å². The number of hydrogen-bond acceptors (Lipinski definition) is 8. The van der Waals surface area contributed by atoms with Gasteiger partial charge >= 0.3 is 0 Å². The zero-order valence-corrected chi connectivity index (χ0v) is 36.8. The zero-order valence-electron chi connectivity index (χ0n) is 36.8. The number of hydrogen-bond donors (Lipinski definition) is 2. The first-order chi connectivity index (χ1) is 31.5. The van der Waals surface area contributed by atoms with Gasteiger partial charge in [-0.05, 0) is 114 Å². The molecule has 2 N–H and O–H groups in total. The third kappa shape index (κ3) is 8.73. The molecule has 0 saturated heterocycles. The van der Waals surface area contributed by atoms with Crippen LogP contribution >= 0.6 is 0 Å². The molecule has 9 rings (SSSR count). The van der Waals surface area contributed by atoms with Gasteiger partial charge in [0.05, 0.1) is 18.2 Å². The predicted molar refractivity (Wildman–Crippen MR) is 251 cm³/mol. The van der Waals surface area contributed by atoms with Crippen LogP contribution in [0.2, 0.25) is 0 Å². The van der Waals surface area contributed by atoms with Crippen LogP contribution < -0.4 is 9.47 Å². The Morgan fingerprint density at radius 1 is 0.859 bits per heavy atom. The summed E-state index contributed by atoms with van der Waals surface area (Å²) < 4.78 is 21.4. The number of ether oxygens (including phenoxy) is 3. The number of carbonyl (C=O) groups excluding carboxylic acids is 1. The minimum absolute atomic E-state index is 0.0761. The number of allylic oxidation sites excluding steroid dienone is 1. The number of nitrogens with zero attached hydrogens (tertiary/aromatic N) is 2. The molecule has 9 heteroatoms. The summed E-state index contributed by atoms with van der Waals surface area (Å²) in [4.78, 5) is 22.7. The van der Waals surface area contributed by atoms with E-state index < -0.39 is 17.7 Å². The molecule has 5 aromatic carbocycles. The van der Waals surface area contributed by atoms with E-state index in [2.05, 4.69) is 73.3 Å². The minimum atomic E-state index is -1.33. The van der Waals surface area contributed by atoms with E-state index in [1.807, 2.05) is 59.5 Å². The maximum absolute atomic E-state index is 15.0. The molecule has 4 aliphatic rings. The molecular weight excluding hydrogens is 801 g/mol. The summed E-state index contributed by atoms with van der Waals surface area (Å²) in [5.41, 5.74) is 6.11. The van der Waals surface area contributed by atoms with Crippen LogP contribution in [0.15, 0.2) is 145 Å². The van der Waals surface area contributed by atoms with Crippen LogP contribution in [0.1, 0.15) is 74.8 Å². The molecule has 0 unspecified atom stereocenters. The van der Waals surface area contributed by atoms with Crippen molar-refractivity contribution in [2.45, 2.75) is 82.1 Å². The number of aliphatic hydroxyl groups excluding tert-OH is 2. The van der Waals surface area contributed by atoms with E-state index in [0.717, 1.165) is 88.6 Å². The highest BCUT2D eigenvalue weighted by molar-refractivity contribution is 6.03. The first-order valence-electron chi connectivity index (χ1n) is 23.2. The van der Waals surface area contributed by atoms with Gasteiger partial charge in [-0.15, -0.1) is 6.58 Å². The number of oxime groups is 1. The van der Waals surface area contributed by atoms with Crippen molar-refractivity contribution in [3.05, 3.63) is 151 Å². The van der Waals surface area contributed by atoms with Crippen molar-refractivity contribution in [1.82, 2.24) is 4.90 Å². The van der Waals surface area contributed by atoms with Crippen LogP contribution in [0.5, 0.6) is 17.2 Å². The van der Waals surface area contributed by atoms with E-state index in [-0.39, 0.29) is 49.4 Å². The first-order valence-corrected chi connectivity index (χ1v) is 23.2. The number of amides is 1. The highest BCUT2D eigenvalue weighted by Gasteiger charge is 2.66. The molecule has 2 saturated carbocycles. The van der Waals surface area contributed by atoms with Crippen LogP contribution in [-0.4, -0.2) is 65.5 Å². The van der Waals surface area contributed by atoms with E-state index in [1.165, 1.54) is 0 Å². The summed E-state index contributed by atoms with van der Waals surface area (Å²) >= 11 is 0. The smallest absolute Gasteiger partial charge is 0.239 e.